The Labute approximate surface area is 118 Å². The summed E-state index contributed by atoms with van der Waals surface area (Å²) in [6.45, 7) is 5.77. The van der Waals surface area contributed by atoms with Gasteiger partial charge in [-0.1, -0.05) is 0 Å². The van der Waals surface area contributed by atoms with E-state index in [-0.39, 0.29) is 5.60 Å². The number of guanidine groups is 1. The van der Waals surface area contributed by atoms with Crippen molar-refractivity contribution in [2.45, 2.75) is 25.4 Å². The number of nitrogens with zero attached hydrogens (tertiary/aromatic N) is 2. The van der Waals surface area contributed by atoms with E-state index in [2.05, 4.69) is 40.6 Å². The molecule has 3 heterocycles. The zero-order valence-electron chi connectivity index (χ0n) is 11.6. The van der Waals surface area contributed by atoms with Crippen LogP contribution in [-0.2, 0) is 16.8 Å². The van der Waals surface area contributed by atoms with Crippen molar-refractivity contribution in [3.8, 4) is 0 Å². The van der Waals surface area contributed by atoms with E-state index in [9.17, 15) is 0 Å². The number of thiophene rings is 1. The molecule has 104 valence electrons. The third-order valence-electron chi connectivity index (χ3n) is 3.92. The third kappa shape index (κ3) is 2.49. The molecule has 2 aliphatic rings. The molecule has 5 heteroatoms. The molecule has 0 amide bonds. The fourth-order valence-electron chi connectivity index (χ4n) is 2.76. The molecule has 1 N–H and O–H groups in total. The first-order valence-electron chi connectivity index (χ1n) is 6.89. The van der Waals surface area contributed by atoms with E-state index in [1.165, 1.54) is 10.4 Å². The molecule has 3 rings (SSSR count). The van der Waals surface area contributed by atoms with Crippen molar-refractivity contribution in [2.75, 3.05) is 33.3 Å². The van der Waals surface area contributed by atoms with Crippen LogP contribution in [0, 0.1) is 0 Å². The van der Waals surface area contributed by atoms with Crippen LogP contribution in [0.2, 0.25) is 0 Å². The molecule has 19 heavy (non-hydrogen) atoms. The lowest BCUT2D eigenvalue weighted by molar-refractivity contribution is -0.0413. The molecule has 0 bridgehead atoms. The van der Waals surface area contributed by atoms with E-state index in [0.717, 1.165) is 45.0 Å². The minimum Gasteiger partial charge on any atom is -0.368 e. The minimum absolute atomic E-state index is 0.228. The van der Waals surface area contributed by atoms with Crippen molar-refractivity contribution in [2.24, 2.45) is 4.99 Å². The largest absolute Gasteiger partial charge is 0.368 e. The first-order chi connectivity index (χ1) is 9.19. The summed E-state index contributed by atoms with van der Waals surface area (Å²) in [5.74, 6) is 0.999. The van der Waals surface area contributed by atoms with E-state index in [4.69, 9.17) is 4.74 Å². The molecule has 0 saturated carbocycles. The molecule has 4 nitrogen and oxygen atoms in total. The minimum atomic E-state index is -0.228. The second-order valence-electron chi connectivity index (χ2n) is 5.42. The molecule has 1 atom stereocenters. The smallest absolute Gasteiger partial charge is 0.193 e. The highest BCUT2D eigenvalue weighted by atomic mass is 32.1. The van der Waals surface area contributed by atoms with Crippen LogP contribution < -0.4 is 5.32 Å². The van der Waals surface area contributed by atoms with Crippen molar-refractivity contribution in [1.29, 1.82) is 0 Å². The van der Waals surface area contributed by atoms with E-state index < -0.39 is 0 Å². The summed E-state index contributed by atoms with van der Waals surface area (Å²) in [6.07, 6.45) is 2.19. The molecule has 0 fully saturated rings. The van der Waals surface area contributed by atoms with Gasteiger partial charge in [-0.15, -0.1) is 11.3 Å². The zero-order chi connectivity index (χ0) is 13.3. The predicted molar refractivity (Wildman–Crippen MR) is 78.9 cm³/mol. The highest BCUT2D eigenvalue weighted by Gasteiger charge is 2.34. The van der Waals surface area contributed by atoms with Gasteiger partial charge in [-0.05, 0) is 30.4 Å². The molecule has 1 aromatic heterocycles. The van der Waals surface area contributed by atoms with Crippen molar-refractivity contribution in [3.63, 3.8) is 0 Å². The number of aliphatic imine (C=N–C) groups is 1. The van der Waals surface area contributed by atoms with Gasteiger partial charge < -0.3 is 15.0 Å². The van der Waals surface area contributed by atoms with Crippen LogP contribution in [0.3, 0.4) is 0 Å². The quantitative estimate of drug-likeness (QED) is 0.897. The molecular formula is C14H21N3OS. The maximum atomic E-state index is 6.05. The summed E-state index contributed by atoms with van der Waals surface area (Å²) in [7, 11) is 2.09. The monoisotopic (exact) mass is 279 g/mol. The number of rotatable bonds is 2. The normalized spacial score (nSPS) is 26.8. The van der Waals surface area contributed by atoms with Crippen molar-refractivity contribution in [1.82, 2.24) is 10.2 Å². The molecule has 0 saturated heterocycles. The van der Waals surface area contributed by atoms with Crippen molar-refractivity contribution < 1.29 is 4.74 Å². The van der Waals surface area contributed by atoms with Crippen LogP contribution in [0.15, 0.2) is 16.4 Å². The van der Waals surface area contributed by atoms with Gasteiger partial charge >= 0.3 is 0 Å². The summed E-state index contributed by atoms with van der Waals surface area (Å²) in [5, 5.41) is 5.64. The van der Waals surface area contributed by atoms with Gasteiger partial charge in [-0.2, -0.15) is 0 Å². The number of ether oxygens (including phenoxy) is 1. The Balaban J connectivity index is 1.72. The Morgan fingerprint density at radius 1 is 1.58 bits per heavy atom. The second kappa shape index (κ2) is 5.13. The Hall–Kier alpha value is -1.07. The predicted octanol–water partition coefficient (Wildman–Crippen LogP) is 1.82. The Morgan fingerprint density at radius 2 is 2.47 bits per heavy atom. The van der Waals surface area contributed by atoms with Gasteiger partial charge in [0.2, 0.25) is 0 Å². The molecule has 0 aromatic carbocycles. The Bertz CT molecular complexity index is 485. The molecule has 2 aliphatic heterocycles. The van der Waals surface area contributed by atoms with Crippen molar-refractivity contribution >= 4 is 17.3 Å². The average Bonchev–Trinajstić information content (AvgIpc) is 2.88. The molecule has 1 unspecified atom stereocenters. The summed E-state index contributed by atoms with van der Waals surface area (Å²) in [5.41, 5.74) is 1.12. The van der Waals surface area contributed by atoms with Gasteiger partial charge in [0.1, 0.15) is 5.60 Å². The lowest BCUT2D eigenvalue weighted by Crippen LogP contribution is -2.49. The van der Waals surface area contributed by atoms with Crippen LogP contribution in [0.25, 0.3) is 0 Å². The maximum Gasteiger partial charge on any atom is 0.193 e. The Kier molecular flexibility index (Phi) is 3.50. The third-order valence-corrected chi connectivity index (χ3v) is 4.90. The summed E-state index contributed by atoms with van der Waals surface area (Å²) >= 11 is 1.84. The zero-order valence-corrected chi connectivity index (χ0v) is 12.4. The summed E-state index contributed by atoms with van der Waals surface area (Å²) in [6, 6.07) is 2.20. The maximum absolute atomic E-state index is 6.05. The first kappa shape index (κ1) is 12.9. The number of hydrogen-bond donors (Lipinski definition) is 1. The van der Waals surface area contributed by atoms with E-state index in [0.29, 0.717) is 0 Å². The van der Waals surface area contributed by atoms with Gasteiger partial charge in [-0.25, -0.2) is 0 Å². The number of fused-ring (bicyclic) bond motifs is 1. The number of nitrogens with one attached hydrogen (secondary N) is 1. The van der Waals surface area contributed by atoms with Gasteiger partial charge in [0, 0.05) is 31.4 Å². The van der Waals surface area contributed by atoms with Crippen LogP contribution in [0.4, 0.5) is 0 Å². The highest BCUT2D eigenvalue weighted by molar-refractivity contribution is 7.10. The fraction of sp³-hybridized carbons (Fsp3) is 0.643. The van der Waals surface area contributed by atoms with Crippen molar-refractivity contribution in [3.05, 3.63) is 21.9 Å². The van der Waals surface area contributed by atoms with Crippen LogP contribution in [0.5, 0.6) is 0 Å². The molecular weight excluding hydrogens is 258 g/mol. The van der Waals surface area contributed by atoms with E-state index in [1.54, 1.807) is 0 Å². The van der Waals surface area contributed by atoms with E-state index >= 15 is 0 Å². The van der Waals surface area contributed by atoms with Gasteiger partial charge in [0.15, 0.2) is 5.96 Å². The SMILES string of the molecule is CN1CCCN=C1NCC1(C)OCCc2sccc21. The molecule has 0 aliphatic carbocycles. The molecule has 0 radical (unpaired) electrons. The van der Waals surface area contributed by atoms with Gasteiger partial charge in [0.25, 0.3) is 0 Å². The Morgan fingerprint density at radius 3 is 3.32 bits per heavy atom. The highest BCUT2D eigenvalue weighted by Crippen LogP contribution is 2.35. The molecule has 0 spiro atoms. The number of hydrogen-bond acceptors (Lipinski definition) is 5. The topological polar surface area (TPSA) is 36.9 Å². The average molecular weight is 279 g/mol. The lowest BCUT2D eigenvalue weighted by Gasteiger charge is -2.36. The van der Waals surface area contributed by atoms with Crippen LogP contribution in [-0.4, -0.2) is 44.1 Å². The van der Waals surface area contributed by atoms with Crippen LogP contribution in [0.1, 0.15) is 23.8 Å². The first-order valence-corrected chi connectivity index (χ1v) is 7.77. The molecule has 1 aromatic rings. The fourth-order valence-corrected chi connectivity index (χ4v) is 3.74. The van der Waals surface area contributed by atoms with Crippen LogP contribution >= 0.6 is 11.3 Å². The van der Waals surface area contributed by atoms with Gasteiger partial charge in [-0.3, -0.25) is 4.99 Å². The van der Waals surface area contributed by atoms with Gasteiger partial charge in [0.05, 0.1) is 13.2 Å². The lowest BCUT2D eigenvalue weighted by atomic mass is 9.93. The summed E-state index contributed by atoms with van der Waals surface area (Å²) < 4.78 is 6.05. The van der Waals surface area contributed by atoms with E-state index in [1.807, 2.05) is 11.3 Å². The second-order valence-corrected chi connectivity index (χ2v) is 6.42. The summed E-state index contributed by atoms with van der Waals surface area (Å²) in [4.78, 5) is 8.20. The standard InChI is InChI=1S/C14H21N3OS/c1-14(10-16-13-15-6-3-7-17(13)2)11-5-9-19-12(11)4-8-18-14/h5,9H,3-4,6-8,10H2,1-2H3,(H,15,16).